The maximum Gasteiger partial charge on any atom is 0.218 e. The molecule has 0 saturated heterocycles. The van der Waals surface area contributed by atoms with Gasteiger partial charge in [0.25, 0.3) is 0 Å². The van der Waals surface area contributed by atoms with Crippen LogP contribution in [-0.4, -0.2) is 8.42 Å². The number of anilines is 1. The highest BCUT2D eigenvalue weighted by Crippen LogP contribution is 2.32. The molecule has 0 aliphatic carbocycles. The van der Waals surface area contributed by atoms with E-state index in [2.05, 4.69) is 52.9 Å². The van der Waals surface area contributed by atoms with Crippen LogP contribution in [0, 0.1) is 11.3 Å². The van der Waals surface area contributed by atoms with Gasteiger partial charge in [-0.15, -0.1) is 0 Å². The molecule has 2 aromatic carbocycles. The van der Waals surface area contributed by atoms with Crippen molar-refractivity contribution in [2.75, 3.05) is 5.32 Å². The second-order valence-electron chi connectivity index (χ2n) is 9.02. The van der Waals surface area contributed by atoms with Crippen LogP contribution in [0.1, 0.15) is 52.7 Å². The first-order valence-electron chi connectivity index (χ1n) is 9.28. The molecular formula is C23H27ClN2O2S. The van der Waals surface area contributed by atoms with Gasteiger partial charge in [-0.1, -0.05) is 59.2 Å². The zero-order valence-corrected chi connectivity index (χ0v) is 19.2. The zero-order valence-electron chi connectivity index (χ0n) is 17.7. The fourth-order valence-corrected chi connectivity index (χ4v) is 3.85. The van der Waals surface area contributed by atoms with Crippen LogP contribution in [0.25, 0.3) is 0 Å². The average Bonchev–Trinajstić information content (AvgIpc) is 2.60. The van der Waals surface area contributed by atoms with Crippen LogP contribution in [0.3, 0.4) is 0 Å². The normalized spacial score (nSPS) is 13.1. The predicted molar refractivity (Wildman–Crippen MR) is 120 cm³/mol. The third kappa shape index (κ3) is 5.62. The summed E-state index contributed by atoms with van der Waals surface area (Å²) in [4.78, 5) is -0.339. The minimum Gasteiger partial charge on any atom is -0.360 e. The molecular weight excluding hydrogens is 404 g/mol. The smallest absolute Gasteiger partial charge is 0.218 e. The summed E-state index contributed by atoms with van der Waals surface area (Å²) < 4.78 is 25.5. The maximum atomic E-state index is 12.8. The molecule has 0 spiro atoms. The number of rotatable bonds is 4. The summed E-state index contributed by atoms with van der Waals surface area (Å²) in [5, 5.41) is 12.9. The lowest BCUT2D eigenvalue weighted by Crippen LogP contribution is -2.17. The summed E-state index contributed by atoms with van der Waals surface area (Å²) in [5.74, 6) is 0. The number of nitriles is 1. The Bertz CT molecular complexity index is 1030. The molecule has 1 N–H and O–H groups in total. The predicted octanol–water partition coefficient (Wildman–Crippen LogP) is 6.19. The molecule has 0 aliphatic heterocycles. The van der Waals surface area contributed by atoms with Gasteiger partial charge in [0.1, 0.15) is 6.07 Å². The number of benzene rings is 2. The Hall–Kier alpha value is -2.29. The van der Waals surface area contributed by atoms with E-state index in [9.17, 15) is 13.7 Å². The van der Waals surface area contributed by atoms with Gasteiger partial charge in [0, 0.05) is 16.9 Å². The van der Waals surface area contributed by atoms with E-state index in [0.717, 1.165) is 16.8 Å². The van der Waals surface area contributed by atoms with E-state index in [1.165, 1.54) is 30.5 Å². The van der Waals surface area contributed by atoms with Crippen molar-refractivity contribution in [2.24, 2.45) is 0 Å². The van der Waals surface area contributed by atoms with Crippen molar-refractivity contribution >= 4 is 27.1 Å². The minimum atomic E-state index is -3.94. The van der Waals surface area contributed by atoms with Crippen LogP contribution in [-0.2, 0) is 20.7 Å². The van der Waals surface area contributed by atoms with Crippen LogP contribution in [0.4, 0.5) is 5.69 Å². The van der Waals surface area contributed by atoms with Crippen molar-refractivity contribution in [1.82, 2.24) is 0 Å². The third-order valence-electron chi connectivity index (χ3n) is 4.56. The maximum absolute atomic E-state index is 12.8. The second kappa shape index (κ2) is 8.22. The first-order valence-corrected chi connectivity index (χ1v) is 11.1. The zero-order chi connectivity index (χ0) is 22.0. The van der Waals surface area contributed by atoms with Crippen molar-refractivity contribution in [3.05, 3.63) is 69.7 Å². The topological polar surface area (TPSA) is 70.0 Å². The number of allylic oxidation sites excluding steroid dienone is 1. The second-order valence-corrected chi connectivity index (χ2v) is 11.4. The lowest BCUT2D eigenvalue weighted by molar-refractivity contribution is 0.569. The highest BCUT2D eigenvalue weighted by atomic mass is 35.5. The standard InChI is InChI=1S/C23H27ClN2O2S/c1-22(2,3)16-11-17(23(4,5)6)13-19(12-16)26-15-21(14-25)29(27,28)20-9-7-18(24)8-10-20/h7-13,15,26H,1-6H3. The van der Waals surface area contributed by atoms with E-state index < -0.39 is 9.84 Å². The molecule has 0 radical (unpaired) electrons. The van der Waals surface area contributed by atoms with E-state index in [4.69, 9.17) is 11.6 Å². The molecule has 0 aromatic heterocycles. The highest BCUT2D eigenvalue weighted by Gasteiger charge is 2.22. The Labute approximate surface area is 179 Å². The molecule has 0 amide bonds. The number of sulfone groups is 1. The molecule has 0 heterocycles. The molecule has 2 aromatic rings. The quantitative estimate of drug-likeness (QED) is 0.587. The van der Waals surface area contributed by atoms with Crippen molar-refractivity contribution in [3.63, 3.8) is 0 Å². The number of nitrogens with one attached hydrogen (secondary N) is 1. The first kappa shape index (κ1) is 23.0. The molecule has 154 valence electrons. The molecule has 0 atom stereocenters. The monoisotopic (exact) mass is 430 g/mol. The summed E-state index contributed by atoms with van der Waals surface area (Å²) in [7, 11) is -3.94. The van der Waals surface area contributed by atoms with Crippen LogP contribution in [0.15, 0.2) is 58.5 Å². The molecule has 2 rings (SSSR count). The molecule has 0 aliphatic rings. The van der Waals surface area contributed by atoms with E-state index in [1.54, 1.807) is 6.07 Å². The van der Waals surface area contributed by atoms with Gasteiger partial charge in [0.05, 0.1) is 4.90 Å². The van der Waals surface area contributed by atoms with E-state index in [0.29, 0.717) is 5.02 Å². The molecule has 6 heteroatoms. The van der Waals surface area contributed by atoms with Gasteiger partial charge in [-0.3, -0.25) is 0 Å². The van der Waals surface area contributed by atoms with Crippen LogP contribution in [0.5, 0.6) is 0 Å². The Morgan fingerprint density at radius 2 is 1.45 bits per heavy atom. The number of hydrogen-bond acceptors (Lipinski definition) is 4. The largest absolute Gasteiger partial charge is 0.360 e. The Balaban J connectivity index is 2.47. The van der Waals surface area contributed by atoms with Crippen molar-refractivity contribution in [1.29, 1.82) is 5.26 Å². The van der Waals surface area contributed by atoms with Crippen molar-refractivity contribution < 1.29 is 8.42 Å². The van der Waals surface area contributed by atoms with Gasteiger partial charge < -0.3 is 5.32 Å². The van der Waals surface area contributed by atoms with Crippen LogP contribution >= 0.6 is 11.6 Å². The molecule has 29 heavy (non-hydrogen) atoms. The molecule has 0 unspecified atom stereocenters. The first-order chi connectivity index (χ1) is 13.2. The fourth-order valence-electron chi connectivity index (χ4n) is 2.64. The van der Waals surface area contributed by atoms with E-state index in [1.807, 2.05) is 12.1 Å². The van der Waals surface area contributed by atoms with E-state index in [-0.39, 0.29) is 20.6 Å². The number of hydrogen-bond donors (Lipinski definition) is 1. The summed E-state index contributed by atoms with van der Waals surface area (Å²) >= 11 is 5.83. The van der Waals surface area contributed by atoms with Crippen LogP contribution in [0.2, 0.25) is 5.02 Å². The summed E-state index contributed by atoms with van der Waals surface area (Å²) in [5.41, 5.74) is 2.84. The van der Waals surface area contributed by atoms with Gasteiger partial charge in [-0.2, -0.15) is 5.26 Å². The number of halogens is 1. The molecule has 0 bridgehead atoms. The lowest BCUT2D eigenvalue weighted by Gasteiger charge is -2.26. The Kier molecular flexibility index (Phi) is 6.51. The molecule has 0 saturated carbocycles. The fraction of sp³-hybridized carbons (Fsp3) is 0.348. The third-order valence-corrected chi connectivity index (χ3v) is 6.49. The Morgan fingerprint density at radius 1 is 0.966 bits per heavy atom. The lowest BCUT2D eigenvalue weighted by atomic mass is 9.80. The average molecular weight is 431 g/mol. The van der Waals surface area contributed by atoms with Gasteiger partial charge in [0.2, 0.25) is 9.84 Å². The van der Waals surface area contributed by atoms with Gasteiger partial charge in [-0.25, -0.2) is 8.42 Å². The summed E-state index contributed by atoms with van der Waals surface area (Å²) in [6, 6.07) is 13.7. The summed E-state index contributed by atoms with van der Waals surface area (Å²) in [6.45, 7) is 12.8. The van der Waals surface area contributed by atoms with E-state index >= 15 is 0 Å². The van der Waals surface area contributed by atoms with Crippen molar-refractivity contribution in [2.45, 2.75) is 57.3 Å². The number of nitrogens with zero attached hydrogens (tertiary/aromatic N) is 1. The molecule has 0 fully saturated rings. The van der Waals surface area contributed by atoms with Crippen molar-refractivity contribution in [3.8, 4) is 6.07 Å². The van der Waals surface area contributed by atoms with Crippen LogP contribution < -0.4 is 5.32 Å². The Morgan fingerprint density at radius 3 is 1.86 bits per heavy atom. The highest BCUT2D eigenvalue weighted by molar-refractivity contribution is 7.95. The minimum absolute atomic E-state index is 0.0234. The SMILES string of the molecule is CC(C)(C)c1cc(NC=C(C#N)S(=O)(=O)c2ccc(Cl)cc2)cc(C(C)(C)C)c1. The van der Waals surface area contributed by atoms with Gasteiger partial charge in [-0.05, 0) is 58.4 Å². The van der Waals surface area contributed by atoms with Gasteiger partial charge >= 0.3 is 0 Å². The summed E-state index contributed by atoms with van der Waals surface area (Å²) in [6.07, 6.45) is 1.25. The molecule has 4 nitrogen and oxygen atoms in total. The van der Waals surface area contributed by atoms with Gasteiger partial charge in [0.15, 0.2) is 4.91 Å².